The van der Waals surface area contributed by atoms with Crippen LogP contribution in [0.25, 0.3) is 0 Å². The highest BCUT2D eigenvalue weighted by Crippen LogP contribution is 2.24. The van der Waals surface area contributed by atoms with Crippen molar-refractivity contribution < 1.29 is 14.3 Å². The molecule has 0 bridgehead atoms. The first kappa shape index (κ1) is 16.2. The number of aryl methyl sites for hydroxylation is 1. The van der Waals surface area contributed by atoms with Crippen molar-refractivity contribution in [1.29, 1.82) is 0 Å². The first-order valence-electron chi connectivity index (χ1n) is 8.32. The van der Waals surface area contributed by atoms with Crippen molar-refractivity contribution in [1.82, 2.24) is 5.32 Å². The molecule has 1 saturated carbocycles. The van der Waals surface area contributed by atoms with Gasteiger partial charge in [-0.15, -0.1) is 0 Å². The summed E-state index contributed by atoms with van der Waals surface area (Å²) >= 11 is 0. The van der Waals surface area contributed by atoms with Crippen LogP contribution in [0.4, 0.5) is 0 Å². The van der Waals surface area contributed by atoms with Gasteiger partial charge in [-0.1, -0.05) is 49.4 Å². The number of carbonyl (C=O) groups is 2. The predicted octanol–water partition coefficient (Wildman–Crippen LogP) is 3.43. The Bertz CT molecular complexity index is 705. The van der Waals surface area contributed by atoms with E-state index in [1.165, 1.54) is 0 Å². The Morgan fingerprint density at radius 1 is 1.08 bits per heavy atom. The van der Waals surface area contributed by atoms with Crippen molar-refractivity contribution in [3.8, 4) is 0 Å². The van der Waals surface area contributed by atoms with Crippen molar-refractivity contribution in [3.05, 3.63) is 71.3 Å². The molecule has 0 aromatic heterocycles. The second kappa shape index (κ2) is 7.30. The van der Waals surface area contributed by atoms with Crippen molar-refractivity contribution >= 4 is 11.9 Å². The van der Waals surface area contributed by atoms with Gasteiger partial charge in [0.1, 0.15) is 0 Å². The van der Waals surface area contributed by atoms with E-state index in [-0.39, 0.29) is 11.9 Å². The van der Waals surface area contributed by atoms with Gasteiger partial charge in [0.15, 0.2) is 0 Å². The molecule has 4 heteroatoms. The van der Waals surface area contributed by atoms with Crippen LogP contribution in [0, 0.1) is 0 Å². The van der Waals surface area contributed by atoms with Crippen LogP contribution in [0.15, 0.2) is 54.6 Å². The number of benzene rings is 2. The quantitative estimate of drug-likeness (QED) is 0.829. The van der Waals surface area contributed by atoms with Crippen molar-refractivity contribution in [2.45, 2.75) is 38.3 Å². The van der Waals surface area contributed by atoms with Gasteiger partial charge >= 0.3 is 5.97 Å². The number of hydrogen-bond acceptors (Lipinski definition) is 3. The van der Waals surface area contributed by atoms with Gasteiger partial charge in [-0.2, -0.15) is 0 Å². The first-order valence-corrected chi connectivity index (χ1v) is 8.32. The summed E-state index contributed by atoms with van der Waals surface area (Å²) in [6, 6.07) is 16.6. The molecule has 1 atom stereocenters. The maximum atomic E-state index is 12.5. The zero-order valence-corrected chi connectivity index (χ0v) is 13.7. The summed E-state index contributed by atoms with van der Waals surface area (Å²) in [4.78, 5) is 24.9. The van der Waals surface area contributed by atoms with Gasteiger partial charge < -0.3 is 10.1 Å². The molecule has 2 aromatic rings. The lowest BCUT2D eigenvalue weighted by molar-refractivity contribution is -0.130. The molecule has 0 saturated heterocycles. The summed E-state index contributed by atoms with van der Waals surface area (Å²) in [5, 5.41) is 2.91. The predicted molar refractivity (Wildman–Crippen MR) is 91.6 cm³/mol. The van der Waals surface area contributed by atoms with Crippen LogP contribution in [0.3, 0.4) is 0 Å². The maximum absolute atomic E-state index is 12.5. The summed E-state index contributed by atoms with van der Waals surface area (Å²) in [7, 11) is 0. The molecule has 1 aliphatic carbocycles. The molecule has 2 aromatic carbocycles. The van der Waals surface area contributed by atoms with E-state index in [0.29, 0.717) is 11.1 Å². The van der Waals surface area contributed by atoms with Gasteiger partial charge in [0, 0.05) is 11.6 Å². The fourth-order valence-electron chi connectivity index (χ4n) is 2.46. The Kier molecular flexibility index (Phi) is 4.94. The minimum absolute atomic E-state index is 0.214. The molecule has 1 fully saturated rings. The topological polar surface area (TPSA) is 55.4 Å². The number of carbonyl (C=O) groups excluding carboxylic acids is 2. The lowest BCUT2D eigenvalue weighted by Crippen LogP contribution is -2.33. The maximum Gasteiger partial charge on any atom is 0.339 e. The van der Waals surface area contributed by atoms with Gasteiger partial charge in [-0.3, -0.25) is 4.79 Å². The van der Waals surface area contributed by atoms with Gasteiger partial charge in [0.2, 0.25) is 6.10 Å². The number of nitrogens with one attached hydrogen (secondary N) is 1. The average Bonchev–Trinajstić information content (AvgIpc) is 3.44. The highest BCUT2D eigenvalue weighted by Gasteiger charge is 2.31. The number of amides is 1. The van der Waals surface area contributed by atoms with E-state index in [2.05, 4.69) is 12.2 Å². The number of hydrogen-bond donors (Lipinski definition) is 1. The van der Waals surface area contributed by atoms with Crippen LogP contribution < -0.4 is 5.32 Å². The second-order valence-corrected chi connectivity index (χ2v) is 6.03. The molecule has 124 valence electrons. The molecular weight excluding hydrogens is 302 g/mol. The fraction of sp³-hybridized carbons (Fsp3) is 0.300. The lowest BCUT2D eigenvalue weighted by Gasteiger charge is -2.18. The Labute approximate surface area is 141 Å². The molecule has 0 spiro atoms. The van der Waals surface area contributed by atoms with Crippen LogP contribution in [0.1, 0.15) is 47.4 Å². The standard InChI is InChI=1S/C20H21NO3/c1-2-14-8-10-16(11-9-14)20(23)24-18(15-6-4-3-5-7-15)19(22)21-17-12-13-17/h3-11,17-18H,2,12-13H2,1H3,(H,21,22). The van der Waals surface area contributed by atoms with E-state index in [9.17, 15) is 9.59 Å². The molecule has 1 unspecified atom stereocenters. The van der Waals surface area contributed by atoms with Gasteiger partial charge in [0.05, 0.1) is 5.56 Å². The molecule has 0 heterocycles. The SMILES string of the molecule is CCc1ccc(C(=O)OC(C(=O)NC2CC2)c2ccccc2)cc1. The first-order chi connectivity index (χ1) is 11.7. The van der Waals surface area contributed by atoms with Crippen LogP contribution >= 0.6 is 0 Å². The third-order valence-electron chi connectivity index (χ3n) is 4.09. The largest absolute Gasteiger partial charge is 0.444 e. The van der Waals surface area contributed by atoms with E-state index < -0.39 is 12.1 Å². The molecule has 3 rings (SSSR count). The second-order valence-electron chi connectivity index (χ2n) is 6.03. The van der Waals surface area contributed by atoms with E-state index >= 15 is 0 Å². The molecule has 24 heavy (non-hydrogen) atoms. The fourth-order valence-corrected chi connectivity index (χ4v) is 2.46. The molecule has 0 radical (unpaired) electrons. The third kappa shape index (κ3) is 4.02. The minimum atomic E-state index is -0.926. The minimum Gasteiger partial charge on any atom is -0.444 e. The van der Waals surface area contributed by atoms with Crippen LogP contribution in [0.5, 0.6) is 0 Å². The average molecular weight is 323 g/mol. The lowest BCUT2D eigenvalue weighted by atomic mass is 10.1. The smallest absolute Gasteiger partial charge is 0.339 e. The number of rotatable bonds is 6. The van der Waals surface area contributed by atoms with E-state index in [1.54, 1.807) is 24.3 Å². The monoisotopic (exact) mass is 323 g/mol. The summed E-state index contributed by atoms with van der Waals surface area (Å²) in [5.41, 5.74) is 2.28. The van der Waals surface area contributed by atoms with E-state index in [0.717, 1.165) is 24.8 Å². The van der Waals surface area contributed by atoms with Gasteiger partial charge in [0.25, 0.3) is 5.91 Å². The van der Waals surface area contributed by atoms with Crippen LogP contribution in [0.2, 0.25) is 0 Å². The zero-order chi connectivity index (χ0) is 16.9. The van der Waals surface area contributed by atoms with Crippen molar-refractivity contribution in [2.24, 2.45) is 0 Å². The molecule has 0 aliphatic heterocycles. The molecule has 1 amide bonds. The summed E-state index contributed by atoms with van der Waals surface area (Å²) in [6.45, 7) is 2.06. The van der Waals surface area contributed by atoms with Crippen LogP contribution in [-0.4, -0.2) is 17.9 Å². The zero-order valence-electron chi connectivity index (χ0n) is 13.7. The summed E-state index contributed by atoms with van der Waals surface area (Å²) in [6.07, 6.45) is 1.95. The normalized spacial score (nSPS) is 14.7. The van der Waals surface area contributed by atoms with E-state index in [1.807, 2.05) is 30.3 Å². The summed E-state index contributed by atoms with van der Waals surface area (Å²) in [5.74, 6) is -0.750. The van der Waals surface area contributed by atoms with Gasteiger partial charge in [-0.25, -0.2) is 4.79 Å². The molecule has 1 N–H and O–H groups in total. The van der Waals surface area contributed by atoms with E-state index in [4.69, 9.17) is 4.74 Å². The van der Waals surface area contributed by atoms with Crippen molar-refractivity contribution in [2.75, 3.05) is 0 Å². The Balaban J connectivity index is 1.77. The van der Waals surface area contributed by atoms with Crippen molar-refractivity contribution in [3.63, 3.8) is 0 Å². The molecule has 4 nitrogen and oxygen atoms in total. The number of ether oxygens (including phenoxy) is 1. The highest BCUT2D eigenvalue weighted by atomic mass is 16.5. The van der Waals surface area contributed by atoms with Gasteiger partial charge in [-0.05, 0) is 37.0 Å². The van der Waals surface area contributed by atoms with Crippen LogP contribution in [-0.2, 0) is 16.0 Å². The third-order valence-corrected chi connectivity index (χ3v) is 4.09. The summed E-state index contributed by atoms with van der Waals surface area (Å²) < 4.78 is 5.54. The highest BCUT2D eigenvalue weighted by molar-refractivity contribution is 5.92. The Morgan fingerprint density at radius 2 is 1.75 bits per heavy atom. The Morgan fingerprint density at radius 3 is 2.33 bits per heavy atom. The molecular formula is C20H21NO3. The molecule has 1 aliphatic rings. The Hall–Kier alpha value is -2.62. The number of esters is 1.